The third kappa shape index (κ3) is 3.55. The van der Waals surface area contributed by atoms with Gasteiger partial charge < -0.3 is 5.11 Å². The van der Waals surface area contributed by atoms with Crippen LogP contribution in [0.5, 0.6) is 0 Å². The lowest BCUT2D eigenvalue weighted by Gasteiger charge is -2.27. The molecule has 0 saturated heterocycles. The first-order valence-corrected chi connectivity index (χ1v) is 6.38. The molecule has 0 atom stereocenters. The molecule has 1 heterocycles. The summed E-state index contributed by atoms with van der Waals surface area (Å²) in [5.41, 5.74) is 1.20. The Balaban J connectivity index is 1.80. The van der Waals surface area contributed by atoms with E-state index in [4.69, 9.17) is 5.11 Å². The van der Waals surface area contributed by atoms with E-state index in [1.807, 2.05) is 18.3 Å². The lowest BCUT2D eigenvalue weighted by Crippen LogP contribution is -2.15. The van der Waals surface area contributed by atoms with Gasteiger partial charge in [0.1, 0.15) is 0 Å². The molecular formula is C14H19NO2. The molecule has 17 heavy (non-hydrogen) atoms. The molecule has 0 radical (unpaired) electrons. The van der Waals surface area contributed by atoms with Crippen molar-refractivity contribution in [1.82, 2.24) is 4.98 Å². The standard InChI is InChI=1S/C14H19NO2/c16-14(17)9-6-11-4-7-12(8-5-11)13-3-1-2-10-15-13/h1-3,10-12H,4-9H2,(H,16,17). The van der Waals surface area contributed by atoms with E-state index >= 15 is 0 Å². The summed E-state index contributed by atoms with van der Waals surface area (Å²) in [6.45, 7) is 0. The van der Waals surface area contributed by atoms with Crippen LogP contribution in [-0.4, -0.2) is 16.1 Å². The van der Waals surface area contributed by atoms with Gasteiger partial charge in [-0.15, -0.1) is 0 Å². The van der Waals surface area contributed by atoms with Gasteiger partial charge >= 0.3 is 5.97 Å². The highest BCUT2D eigenvalue weighted by atomic mass is 16.4. The van der Waals surface area contributed by atoms with Crippen molar-refractivity contribution in [2.45, 2.75) is 44.4 Å². The van der Waals surface area contributed by atoms with Gasteiger partial charge in [-0.1, -0.05) is 6.07 Å². The molecule has 1 fully saturated rings. The van der Waals surface area contributed by atoms with E-state index in [-0.39, 0.29) is 0 Å². The van der Waals surface area contributed by atoms with Crippen LogP contribution in [0.3, 0.4) is 0 Å². The van der Waals surface area contributed by atoms with Gasteiger partial charge in [-0.05, 0) is 50.2 Å². The lowest BCUT2D eigenvalue weighted by atomic mass is 9.78. The predicted octanol–water partition coefficient (Wildman–Crippen LogP) is 3.22. The van der Waals surface area contributed by atoms with Crippen LogP contribution in [0, 0.1) is 5.92 Å². The largest absolute Gasteiger partial charge is 0.481 e. The highest BCUT2D eigenvalue weighted by Gasteiger charge is 2.23. The van der Waals surface area contributed by atoms with Crippen molar-refractivity contribution in [3.8, 4) is 0 Å². The first-order valence-electron chi connectivity index (χ1n) is 6.38. The summed E-state index contributed by atoms with van der Waals surface area (Å²) in [7, 11) is 0. The van der Waals surface area contributed by atoms with Crippen molar-refractivity contribution in [3.05, 3.63) is 30.1 Å². The lowest BCUT2D eigenvalue weighted by molar-refractivity contribution is -0.137. The molecule has 3 nitrogen and oxygen atoms in total. The molecule has 1 N–H and O–H groups in total. The fraction of sp³-hybridized carbons (Fsp3) is 0.571. The molecule has 1 aromatic rings. The Hall–Kier alpha value is -1.38. The first-order chi connectivity index (χ1) is 8.25. The van der Waals surface area contributed by atoms with E-state index in [0.29, 0.717) is 18.3 Å². The van der Waals surface area contributed by atoms with E-state index in [9.17, 15) is 4.79 Å². The molecule has 2 rings (SSSR count). The molecule has 0 amide bonds. The number of aromatic nitrogens is 1. The molecule has 0 aliphatic heterocycles. The summed E-state index contributed by atoms with van der Waals surface area (Å²) < 4.78 is 0. The second-order valence-electron chi connectivity index (χ2n) is 4.90. The Morgan fingerprint density at radius 3 is 2.65 bits per heavy atom. The van der Waals surface area contributed by atoms with Crippen LogP contribution in [0.25, 0.3) is 0 Å². The molecule has 1 aromatic heterocycles. The number of carboxylic acids is 1. The van der Waals surface area contributed by atoms with Gasteiger partial charge in [-0.2, -0.15) is 0 Å². The van der Waals surface area contributed by atoms with Gasteiger partial charge in [0, 0.05) is 24.2 Å². The number of pyridine rings is 1. The Morgan fingerprint density at radius 2 is 2.06 bits per heavy atom. The molecule has 1 aliphatic rings. The van der Waals surface area contributed by atoms with E-state index in [1.54, 1.807) is 0 Å². The smallest absolute Gasteiger partial charge is 0.303 e. The highest BCUT2D eigenvalue weighted by Crippen LogP contribution is 2.36. The van der Waals surface area contributed by atoms with Gasteiger partial charge in [0.2, 0.25) is 0 Å². The fourth-order valence-electron chi connectivity index (χ4n) is 2.69. The number of aliphatic carboxylic acids is 1. The average Bonchev–Trinajstić information content (AvgIpc) is 2.38. The van der Waals surface area contributed by atoms with Gasteiger partial charge in [0.05, 0.1) is 0 Å². The molecule has 0 unspecified atom stereocenters. The number of carboxylic acid groups (broad SMARTS) is 1. The Labute approximate surface area is 102 Å². The topological polar surface area (TPSA) is 50.2 Å². The summed E-state index contributed by atoms with van der Waals surface area (Å²) >= 11 is 0. The molecule has 1 saturated carbocycles. The van der Waals surface area contributed by atoms with Gasteiger partial charge in [-0.25, -0.2) is 0 Å². The van der Waals surface area contributed by atoms with Crippen LogP contribution in [0.2, 0.25) is 0 Å². The fourth-order valence-corrected chi connectivity index (χ4v) is 2.69. The van der Waals surface area contributed by atoms with Crippen molar-refractivity contribution >= 4 is 5.97 Å². The third-order valence-corrected chi connectivity index (χ3v) is 3.72. The average molecular weight is 233 g/mol. The number of hydrogen-bond acceptors (Lipinski definition) is 2. The van der Waals surface area contributed by atoms with E-state index in [1.165, 1.54) is 5.69 Å². The quantitative estimate of drug-likeness (QED) is 0.868. The number of nitrogens with zero attached hydrogens (tertiary/aromatic N) is 1. The predicted molar refractivity (Wildman–Crippen MR) is 65.8 cm³/mol. The second-order valence-corrected chi connectivity index (χ2v) is 4.90. The van der Waals surface area contributed by atoms with Crippen LogP contribution in [-0.2, 0) is 4.79 Å². The molecule has 0 aromatic carbocycles. The van der Waals surface area contributed by atoms with Crippen LogP contribution in [0.4, 0.5) is 0 Å². The molecular weight excluding hydrogens is 214 g/mol. The number of hydrogen-bond donors (Lipinski definition) is 1. The number of rotatable bonds is 4. The summed E-state index contributed by atoms with van der Waals surface area (Å²) in [5.74, 6) is 0.514. The van der Waals surface area contributed by atoms with Crippen LogP contribution in [0.15, 0.2) is 24.4 Å². The van der Waals surface area contributed by atoms with Crippen LogP contribution < -0.4 is 0 Å². The SMILES string of the molecule is O=C(O)CCC1CCC(c2ccccn2)CC1. The van der Waals surface area contributed by atoms with Crippen molar-refractivity contribution in [3.63, 3.8) is 0 Å². The van der Waals surface area contributed by atoms with E-state index in [2.05, 4.69) is 11.1 Å². The van der Waals surface area contributed by atoms with E-state index < -0.39 is 5.97 Å². The minimum absolute atomic E-state index is 0.318. The second kappa shape index (κ2) is 5.80. The zero-order valence-corrected chi connectivity index (χ0v) is 10.0. The van der Waals surface area contributed by atoms with Crippen LogP contribution in [0.1, 0.15) is 50.1 Å². The van der Waals surface area contributed by atoms with Gasteiger partial charge in [0.25, 0.3) is 0 Å². The minimum atomic E-state index is -0.670. The molecule has 3 heteroatoms. The maximum atomic E-state index is 10.5. The van der Waals surface area contributed by atoms with Gasteiger partial charge in [-0.3, -0.25) is 9.78 Å². The summed E-state index contributed by atoms with van der Waals surface area (Å²) in [4.78, 5) is 14.9. The molecule has 0 spiro atoms. The van der Waals surface area contributed by atoms with Crippen molar-refractivity contribution in [2.75, 3.05) is 0 Å². The number of carbonyl (C=O) groups is 1. The minimum Gasteiger partial charge on any atom is -0.481 e. The van der Waals surface area contributed by atoms with Gasteiger partial charge in [0.15, 0.2) is 0 Å². The summed E-state index contributed by atoms with van der Waals surface area (Å²) in [6.07, 6.45) is 7.61. The van der Waals surface area contributed by atoms with Crippen molar-refractivity contribution in [2.24, 2.45) is 5.92 Å². The third-order valence-electron chi connectivity index (χ3n) is 3.72. The first kappa shape index (κ1) is 12.1. The van der Waals surface area contributed by atoms with E-state index in [0.717, 1.165) is 32.1 Å². The summed E-state index contributed by atoms with van der Waals surface area (Å²) in [6, 6.07) is 6.09. The zero-order chi connectivity index (χ0) is 12.1. The highest BCUT2D eigenvalue weighted by molar-refractivity contribution is 5.66. The molecule has 1 aliphatic carbocycles. The maximum Gasteiger partial charge on any atom is 0.303 e. The molecule has 92 valence electrons. The Kier molecular flexibility index (Phi) is 4.13. The Morgan fingerprint density at radius 1 is 1.29 bits per heavy atom. The normalized spacial score (nSPS) is 24.5. The Bertz CT molecular complexity index is 356. The van der Waals surface area contributed by atoms with Crippen molar-refractivity contribution < 1.29 is 9.90 Å². The molecule has 0 bridgehead atoms. The zero-order valence-electron chi connectivity index (χ0n) is 10.0. The monoisotopic (exact) mass is 233 g/mol. The maximum absolute atomic E-state index is 10.5. The van der Waals surface area contributed by atoms with Crippen molar-refractivity contribution in [1.29, 1.82) is 0 Å². The summed E-state index contributed by atoms with van der Waals surface area (Å²) in [5, 5.41) is 8.66. The van der Waals surface area contributed by atoms with Crippen LogP contribution >= 0.6 is 0 Å².